The van der Waals surface area contributed by atoms with E-state index in [1.165, 1.54) is 11.1 Å². The predicted octanol–water partition coefficient (Wildman–Crippen LogP) is 5.61. The van der Waals surface area contributed by atoms with Crippen LogP contribution in [0.2, 0.25) is 0 Å². The van der Waals surface area contributed by atoms with E-state index in [9.17, 15) is 4.79 Å². The minimum Gasteiger partial charge on any atom is -0.426 e. The largest absolute Gasteiger partial charge is 0.426 e. The summed E-state index contributed by atoms with van der Waals surface area (Å²) >= 11 is 0. The van der Waals surface area contributed by atoms with Gasteiger partial charge in [-0.15, -0.1) is 0 Å². The summed E-state index contributed by atoms with van der Waals surface area (Å²) in [6.45, 7) is 8.20. The number of rotatable bonds is 5. The molecular weight excluding hydrogens is 446 g/mol. The topological polar surface area (TPSA) is 67.3 Å². The molecule has 0 aliphatic heterocycles. The van der Waals surface area contributed by atoms with Gasteiger partial charge in [0.15, 0.2) is 0 Å². The Morgan fingerprint density at radius 2 is 1.83 bits per heavy atom. The Morgan fingerprint density at radius 1 is 1.11 bits per heavy atom. The maximum absolute atomic E-state index is 12.5. The fraction of sp³-hybridized carbons (Fsp3) is 0.258. The molecule has 36 heavy (non-hydrogen) atoms. The Hall–Kier alpha value is -3.99. The van der Waals surface area contributed by atoms with E-state index in [1.807, 2.05) is 68.5 Å². The lowest BCUT2D eigenvalue weighted by Gasteiger charge is -2.09. The van der Waals surface area contributed by atoms with E-state index in [-0.39, 0.29) is 11.6 Å². The van der Waals surface area contributed by atoms with Crippen LogP contribution >= 0.6 is 0 Å². The SMILES string of the molecule is C/C=C(\C(C)=NC)c1ccc(Oc2nc3/c(c(=O)[nH]2)=C\C=C(/C)CC\C=3)cc1.CCc1ccccc1. The number of aryl methyl sites for hydroxylation is 1. The van der Waals surface area contributed by atoms with Gasteiger partial charge < -0.3 is 4.74 Å². The number of benzene rings is 2. The second-order valence-corrected chi connectivity index (χ2v) is 8.57. The first-order valence-corrected chi connectivity index (χ1v) is 12.4. The molecule has 0 fully saturated rings. The van der Waals surface area contributed by atoms with Crippen molar-refractivity contribution in [3.8, 4) is 11.8 Å². The van der Waals surface area contributed by atoms with Crippen LogP contribution in [0.3, 0.4) is 0 Å². The molecule has 4 rings (SSSR count). The van der Waals surface area contributed by atoms with E-state index in [1.54, 1.807) is 7.05 Å². The van der Waals surface area contributed by atoms with Crippen molar-refractivity contribution in [1.29, 1.82) is 0 Å². The van der Waals surface area contributed by atoms with Gasteiger partial charge in [-0.1, -0.05) is 73.2 Å². The van der Waals surface area contributed by atoms with Crippen molar-refractivity contribution in [1.82, 2.24) is 9.97 Å². The fourth-order valence-electron chi connectivity index (χ4n) is 3.82. The number of aromatic amines is 1. The van der Waals surface area contributed by atoms with Crippen LogP contribution in [0.15, 0.2) is 82.1 Å². The number of nitrogens with zero attached hydrogens (tertiary/aromatic N) is 2. The van der Waals surface area contributed by atoms with Gasteiger partial charge in [-0.05, 0) is 74.9 Å². The van der Waals surface area contributed by atoms with Crippen molar-refractivity contribution in [2.24, 2.45) is 4.99 Å². The van der Waals surface area contributed by atoms with Gasteiger partial charge in [0.25, 0.3) is 5.56 Å². The number of hydrogen-bond donors (Lipinski definition) is 1. The highest BCUT2D eigenvalue weighted by Gasteiger charge is 2.07. The van der Waals surface area contributed by atoms with Crippen LogP contribution in [0.5, 0.6) is 11.8 Å². The van der Waals surface area contributed by atoms with E-state index >= 15 is 0 Å². The second kappa shape index (κ2) is 13.2. The normalized spacial score (nSPS) is 16.9. The summed E-state index contributed by atoms with van der Waals surface area (Å²) in [5, 5.41) is 1.22. The van der Waals surface area contributed by atoms with Crippen LogP contribution in [0, 0.1) is 0 Å². The van der Waals surface area contributed by atoms with Crippen molar-refractivity contribution in [3.63, 3.8) is 0 Å². The fourth-order valence-corrected chi connectivity index (χ4v) is 3.82. The zero-order chi connectivity index (χ0) is 25.9. The molecule has 1 aliphatic carbocycles. The minimum absolute atomic E-state index is 0.194. The van der Waals surface area contributed by atoms with Crippen LogP contribution in [-0.4, -0.2) is 22.7 Å². The molecule has 186 valence electrons. The summed E-state index contributed by atoms with van der Waals surface area (Å²) in [4.78, 5) is 23.9. The van der Waals surface area contributed by atoms with Gasteiger partial charge in [-0.3, -0.25) is 14.8 Å². The van der Waals surface area contributed by atoms with Gasteiger partial charge in [0.1, 0.15) is 5.75 Å². The highest BCUT2D eigenvalue weighted by atomic mass is 16.5. The number of allylic oxidation sites excluding steroid dienone is 4. The van der Waals surface area contributed by atoms with Gasteiger partial charge in [-0.25, -0.2) is 0 Å². The van der Waals surface area contributed by atoms with Gasteiger partial charge in [0.05, 0.1) is 10.6 Å². The molecule has 1 aliphatic rings. The van der Waals surface area contributed by atoms with Crippen molar-refractivity contribution in [3.05, 3.63) is 104 Å². The lowest BCUT2D eigenvalue weighted by molar-refractivity contribution is 0.437. The first-order chi connectivity index (χ1) is 17.4. The van der Waals surface area contributed by atoms with E-state index in [4.69, 9.17) is 4.74 Å². The van der Waals surface area contributed by atoms with Crippen LogP contribution in [-0.2, 0) is 6.42 Å². The zero-order valence-electron chi connectivity index (χ0n) is 21.8. The number of nitrogens with one attached hydrogen (secondary N) is 1. The highest BCUT2D eigenvalue weighted by Crippen LogP contribution is 2.22. The highest BCUT2D eigenvalue weighted by molar-refractivity contribution is 6.22. The summed E-state index contributed by atoms with van der Waals surface area (Å²) in [6, 6.07) is 18.3. The van der Waals surface area contributed by atoms with Gasteiger partial charge >= 0.3 is 6.01 Å². The van der Waals surface area contributed by atoms with Crippen LogP contribution < -0.4 is 20.9 Å². The molecular formula is C31H35N3O2. The summed E-state index contributed by atoms with van der Waals surface area (Å²) in [5.74, 6) is 0.610. The van der Waals surface area contributed by atoms with Crippen molar-refractivity contribution < 1.29 is 4.74 Å². The third-order valence-corrected chi connectivity index (χ3v) is 6.02. The van der Waals surface area contributed by atoms with E-state index in [0.29, 0.717) is 16.3 Å². The standard InChI is InChI=1S/C23H25N3O2.C8H10/c1-5-19(16(3)24-4)17-10-12-18(13-11-17)28-23-25-21-8-6-7-15(2)9-14-20(21)22(27)26-23;1-2-8-6-4-3-5-7-8/h5,8-14H,6-7H2,1-4H3,(H,25,26,27);3-7H,2H2,1H3/b15-9+,19-5+,20-14+,21-8+,24-16?;. The van der Waals surface area contributed by atoms with Crippen LogP contribution in [0.4, 0.5) is 0 Å². The lowest BCUT2D eigenvalue weighted by atomic mass is 10.0. The molecule has 0 amide bonds. The Labute approximate surface area is 213 Å². The molecule has 1 heterocycles. The van der Waals surface area contributed by atoms with E-state index in [2.05, 4.69) is 53.1 Å². The molecule has 2 aromatic carbocycles. The first-order valence-electron chi connectivity index (χ1n) is 12.4. The monoisotopic (exact) mass is 481 g/mol. The third-order valence-electron chi connectivity index (χ3n) is 6.02. The maximum atomic E-state index is 12.5. The average Bonchev–Trinajstić information content (AvgIpc) is 2.89. The zero-order valence-corrected chi connectivity index (χ0v) is 21.8. The molecule has 0 atom stereocenters. The van der Waals surface area contributed by atoms with Gasteiger partial charge in [0.2, 0.25) is 0 Å². The smallest absolute Gasteiger partial charge is 0.302 e. The lowest BCUT2D eigenvalue weighted by Crippen LogP contribution is -2.43. The predicted molar refractivity (Wildman–Crippen MR) is 151 cm³/mol. The van der Waals surface area contributed by atoms with Crippen molar-refractivity contribution in [2.75, 3.05) is 7.05 Å². The summed E-state index contributed by atoms with van der Waals surface area (Å²) in [5.41, 5.74) is 5.56. The Balaban J connectivity index is 0.000000383. The summed E-state index contributed by atoms with van der Waals surface area (Å²) in [6.07, 6.45) is 10.8. The number of fused-ring (bicyclic) bond motifs is 1. The molecule has 0 saturated carbocycles. The van der Waals surface area contributed by atoms with E-state index < -0.39 is 0 Å². The maximum Gasteiger partial charge on any atom is 0.302 e. The minimum atomic E-state index is -0.204. The quantitative estimate of drug-likeness (QED) is 0.482. The number of aliphatic imine (C=N–C) groups is 1. The molecule has 0 bridgehead atoms. The Kier molecular flexibility index (Phi) is 9.75. The molecule has 5 heteroatoms. The summed E-state index contributed by atoms with van der Waals surface area (Å²) in [7, 11) is 1.78. The molecule has 1 N–H and O–H groups in total. The second-order valence-electron chi connectivity index (χ2n) is 8.57. The molecule has 0 spiro atoms. The van der Waals surface area contributed by atoms with E-state index in [0.717, 1.165) is 36.1 Å². The third kappa shape index (κ3) is 7.25. The number of H-pyrrole nitrogens is 1. The summed E-state index contributed by atoms with van der Waals surface area (Å²) < 4.78 is 5.81. The number of aromatic nitrogens is 2. The molecule has 3 aromatic rings. The molecule has 0 saturated heterocycles. The molecule has 0 unspecified atom stereocenters. The molecule has 1 aromatic heterocycles. The van der Waals surface area contributed by atoms with Gasteiger partial charge in [-0.2, -0.15) is 4.98 Å². The van der Waals surface area contributed by atoms with Crippen LogP contribution in [0.25, 0.3) is 17.7 Å². The molecule has 5 nitrogen and oxygen atoms in total. The van der Waals surface area contributed by atoms with Crippen LogP contribution in [0.1, 0.15) is 51.7 Å². The number of ether oxygens (including phenoxy) is 1. The average molecular weight is 482 g/mol. The first kappa shape index (κ1) is 26.6. The van der Waals surface area contributed by atoms with Gasteiger partial charge in [0, 0.05) is 12.8 Å². The van der Waals surface area contributed by atoms with Crippen molar-refractivity contribution >= 4 is 23.4 Å². The Bertz CT molecular complexity index is 1430. The number of hydrogen-bond acceptors (Lipinski definition) is 4. The Morgan fingerprint density at radius 3 is 2.44 bits per heavy atom. The van der Waals surface area contributed by atoms with Crippen molar-refractivity contribution in [2.45, 2.75) is 47.0 Å². The molecule has 0 radical (unpaired) electrons.